The molecule has 1 aromatic heterocycles. The summed E-state index contributed by atoms with van der Waals surface area (Å²) in [5, 5.41) is 7.83. The number of amides is 1. The molecule has 1 aromatic rings. The minimum atomic E-state index is 0. The standard InChI is InChI=1S/C19H34N6OS.HI/c1-5-20-19(22-11-9-17-23-14-15(2)27-17)21-10-7-13-25-12-6-8-16(25)18(26)24(3)4;/h14,16H,5-13H2,1-4H3,(H2,20,21,22);1H. The highest BCUT2D eigenvalue weighted by Crippen LogP contribution is 2.18. The average Bonchev–Trinajstić information content (AvgIpc) is 3.26. The smallest absolute Gasteiger partial charge is 0.239 e. The molecule has 1 aliphatic rings. The van der Waals surface area contributed by atoms with Crippen LogP contribution in [0.4, 0.5) is 0 Å². The van der Waals surface area contributed by atoms with Crippen molar-refractivity contribution >= 4 is 47.2 Å². The topological polar surface area (TPSA) is 72.9 Å². The summed E-state index contributed by atoms with van der Waals surface area (Å²) in [5.74, 6) is 1.08. The molecule has 1 aliphatic heterocycles. The highest BCUT2D eigenvalue weighted by molar-refractivity contribution is 14.0. The predicted octanol–water partition coefficient (Wildman–Crippen LogP) is 2.11. The maximum Gasteiger partial charge on any atom is 0.239 e. The number of halogens is 1. The molecule has 2 heterocycles. The Labute approximate surface area is 190 Å². The van der Waals surface area contributed by atoms with Crippen molar-refractivity contribution in [2.45, 2.75) is 45.6 Å². The Bertz CT molecular complexity index is 621. The molecule has 28 heavy (non-hydrogen) atoms. The molecule has 2 N–H and O–H groups in total. The largest absolute Gasteiger partial charge is 0.357 e. The van der Waals surface area contributed by atoms with Gasteiger partial charge in [-0.3, -0.25) is 14.7 Å². The zero-order chi connectivity index (χ0) is 19.6. The molecule has 0 saturated carbocycles. The number of carbonyl (C=O) groups is 1. The summed E-state index contributed by atoms with van der Waals surface area (Å²) in [7, 11) is 3.68. The second-order valence-corrected chi connectivity index (χ2v) is 8.40. The summed E-state index contributed by atoms with van der Waals surface area (Å²) in [6, 6.07) is 0.0529. The maximum atomic E-state index is 12.3. The van der Waals surface area contributed by atoms with Gasteiger partial charge < -0.3 is 15.5 Å². The van der Waals surface area contributed by atoms with Crippen LogP contribution >= 0.6 is 35.3 Å². The van der Waals surface area contributed by atoms with Crippen molar-refractivity contribution in [1.82, 2.24) is 25.4 Å². The van der Waals surface area contributed by atoms with E-state index in [4.69, 9.17) is 0 Å². The molecule has 1 amide bonds. The lowest BCUT2D eigenvalue weighted by atomic mass is 10.2. The summed E-state index contributed by atoms with van der Waals surface area (Å²) >= 11 is 1.74. The van der Waals surface area contributed by atoms with E-state index < -0.39 is 0 Å². The molecule has 0 aliphatic carbocycles. The molecule has 9 heteroatoms. The fraction of sp³-hybridized carbons (Fsp3) is 0.737. The summed E-state index contributed by atoms with van der Waals surface area (Å²) in [6.07, 6.45) is 5.87. The Kier molecular flexibility index (Phi) is 11.9. The third kappa shape index (κ3) is 8.20. The number of carbonyl (C=O) groups excluding carboxylic acids is 1. The molecule has 1 atom stereocenters. The molecule has 160 valence electrons. The molecular weight excluding hydrogens is 487 g/mol. The van der Waals surface area contributed by atoms with Gasteiger partial charge >= 0.3 is 0 Å². The summed E-state index contributed by atoms with van der Waals surface area (Å²) in [5.41, 5.74) is 0. The van der Waals surface area contributed by atoms with Crippen LogP contribution in [0.2, 0.25) is 0 Å². The quantitative estimate of drug-likeness (QED) is 0.225. The zero-order valence-corrected chi connectivity index (χ0v) is 20.7. The molecular formula is C19H35IN6OS. The van der Waals surface area contributed by atoms with E-state index in [1.807, 2.05) is 20.3 Å². The number of hydrogen-bond donors (Lipinski definition) is 2. The lowest BCUT2D eigenvalue weighted by molar-refractivity contribution is -0.133. The Balaban J connectivity index is 0.00000392. The molecule has 0 spiro atoms. The highest BCUT2D eigenvalue weighted by Gasteiger charge is 2.30. The number of aromatic nitrogens is 1. The summed E-state index contributed by atoms with van der Waals surface area (Å²) < 4.78 is 0. The Hall–Kier alpha value is -0.940. The van der Waals surface area contributed by atoms with E-state index in [2.05, 4.69) is 39.4 Å². The summed E-state index contributed by atoms with van der Waals surface area (Å²) in [6.45, 7) is 8.51. The average molecular weight is 523 g/mol. The normalized spacial score (nSPS) is 17.3. The monoisotopic (exact) mass is 522 g/mol. The number of aryl methyl sites for hydroxylation is 1. The second kappa shape index (κ2) is 13.3. The van der Waals surface area contributed by atoms with Crippen LogP contribution in [0.15, 0.2) is 11.2 Å². The number of aliphatic imine (C=N–C) groups is 1. The first-order valence-corrected chi connectivity index (χ1v) is 10.7. The van der Waals surface area contributed by atoms with Gasteiger partial charge in [0.25, 0.3) is 0 Å². The lowest BCUT2D eigenvalue weighted by Gasteiger charge is -2.25. The Morgan fingerprint density at radius 1 is 1.43 bits per heavy atom. The molecule has 0 bridgehead atoms. The first-order valence-electron chi connectivity index (χ1n) is 9.90. The fourth-order valence-corrected chi connectivity index (χ4v) is 4.07. The van der Waals surface area contributed by atoms with E-state index in [1.165, 1.54) is 4.88 Å². The number of rotatable bonds is 9. The van der Waals surface area contributed by atoms with Crippen LogP contribution in [0.1, 0.15) is 36.1 Å². The van der Waals surface area contributed by atoms with E-state index >= 15 is 0 Å². The number of thiazole rings is 1. The first kappa shape index (κ1) is 25.1. The van der Waals surface area contributed by atoms with Crippen LogP contribution in [0.25, 0.3) is 0 Å². The van der Waals surface area contributed by atoms with Crippen molar-refractivity contribution < 1.29 is 4.79 Å². The third-order valence-electron chi connectivity index (χ3n) is 4.61. The number of likely N-dealkylation sites (N-methyl/N-ethyl adjacent to an activating group) is 1. The van der Waals surface area contributed by atoms with Gasteiger partial charge in [0, 0.05) is 57.8 Å². The minimum absolute atomic E-state index is 0. The lowest BCUT2D eigenvalue weighted by Crippen LogP contribution is -2.43. The van der Waals surface area contributed by atoms with Crippen LogP contribution in [0.5, 0.6) is 0 Å². The maximum absolute atomic E-state index is 12.3. The van der Waals surface area contributed by atoms with Crippen LogP contribution in [-0.2, 0) is 11.2 Å². The van der Waals surface area contributed by atoms with E-state index in [0.717, 1.165) is 69.4 Å². The Morgan fingerprint density at radius 3 is 2.86 bits per heavy atom. The van der Waals surface area contributed by atoms with E-state index in [1.54, 1.807) is 16.2 Å². The van der Waals surface area contributed by atoms with E-state index in [0.29, 0.717) is 0 Å². The molecule has 1 unspecified atom stereocenters. The molecule has 7 nitrogen and oxygen atoms in total. The van der Waals surface area contributed by atoms with Crippen molar-refractivity contribution in [1.29, 1.82) is 0 Å². The second-order valence-electron chi connectivity index (χ2n) is 7.08. The fourth-order valence-electron chi connectivity index (χ4n) is 3.28. The van der Waals surface area contributed by atoms with Gasteiger partial charge in [-0.05, 0) is 39.7 Å². The van der Waals surface area contributed by atoms with Gasteiger partial charge in [0.2, 0.25) is 5.91 Å². The van der Waals surface area contributed by atoms with Crippen molar-refractivity contribution in [3.63, 3.8) is 0 Å². The van der Waals surface area contributed by atoms with Crippen molar-refractivity contribution in [2.75, 3.05) is 46.8 Å². The highest BCUT2D eigenvalue weighted by atomic mass is 127. The zero-order valence-electron chi connectivity index (χ0n) is 17.5. The molecule has 2 rings (SSSR count). The SMILES string of the molecule is CCNC(=NCCCN1CCCC1C(=O)N(C)C)NCCc1ncc(C)s1.I. The van der Waals surface area contributed by atoms with Crippen molar-refractivity contribution in [3.8, 4) is 0 Å². The van der Waals surface area contributed by atoms with Gasteiger partial charge in [-0.2, -0.15) is 0 Å². The number of nitrogens with one attached hydrogen (secondary N) is 2. The van der Waals surface area contributed by atoms with Gasteiger partial charge in [-0.25, -0.2) is 4.98 Å². The third-order valence-corrected chi connectivity index (χ3v) is 5.58. The van der Waals surface area contributed by atoms with Gasteiger partial charge in [0.05, 0.1) is 11.0 Å². The van der Waals surface area contributed by atoms with Gasteiger partial charge in [0.1, 0.15) is 0 Å². The number of hydrogen-bond acceptors (Lipinski definition) is 5. The summed E-state index contributed by atoms with van der Waals surface area (Å²) in [4.78, 5) is 26.6. The molecule has 0 radical (unpaired) electrons. The number of nitrogens with zero attached hydrogens (tertiary/aromatic N) is 4. The van der Waals surface area contributed by atoms with Crippen LogP contribution in [0.3, 0.4) is 0 Å². The van der Waals surface area contributed by atoms with Crippen molar-refractivity contribution in [3.05, 3.63) is 16.1 Å². The van der Waals surface area contributed by atoms with Crippen LogP contribution in [0, 0.1) is 6.92 Å². The number of likely N-dealkylation sites (tertiary alicyclic amines) is 1. The van der Waals surface area contributed by atoms with Gasteiger partial charge in [-0.15, -0.1) is 35.3 Å². The minimum Gasteiger partial charge on any atom is -0.357 e. The molecule has 0 aromatic carbocycles. The van der Waals surface area contributed by atoms with E-state index in [-0.39, 0.29) is 35.9 Å². The van der Waals surface area contributed by atoms with Gasteiger partial charge in [0.15, 0.2) is 5.96 Å². The van der Waals surface area contributed by atoms with Gasteiger partial charge in [-0.1, -0.05) is 0 Å². The number of guanidine groups is 1. The van der Waals surface area contributed by atoms with Crippen LogP contribution < -0.4 is 10.6 Å². The molecule has 1 saturated heterocycles. The van der Waals surface area contributed by atoms with Crippen molar-refractivity contribution in [2.24, 2.45) is 4.99 Å². The van der Waals surface area contributed by atoms with E-state index in [9.17, 15) is 4.79 Å². The molecule has 1 fully saturated rings. The Morgan fingerprint density at radius 2 is 2.21 bits per heavy atom. The van der Waals surface area contributed by atoms with Crippen LogP contribution in [-0.4, -0.2) is 79.5 Å². The predicted molar refractivity (Wildman–Crippen MR) is 128 cm³/mol. The first-order chi connectivity index (χ1) is 13.0.